The lowest BCUT2D eigenvalue weighted by atomic mass is 9.99. The fraction of sp³-hybridized carbons (Fsp3) is 0.929. The van der Waals surface area contributed by atoms with Crippen LogP contribution in [-0.4, -0.2) is 12.6 Å². The van der Waals surface area contributed by atoms with Crippen molar-refractivity contribution in [2.75, 3.05) is 6.61 Å². The third kappa shape index (κ3) is 7.72. The van der Waals surface area contributed by atoms with Crippen molar-refractivity contribution in [2.24, 2.45) is 5.92 Å². The molecule has 0 aliphatic rings. The van der Waals surface area contributed by atoms with Crippen LogP contribution in [0.1, 0.15) is 72.1 Å². The summed E-state index contributed by atoms with van der Waals surface area (Å²) in [5.74, 6) is 0.168. The molecule has 0 amide bonds. The second-order valence-corrected chi connectivity index (χ2v) is 4.50. The minimum atomic E-state index is 0.0280. The van der Waals surface area contributed by atoms with Crippen molar-refractivity contribution in [1.29, 1.82) is 0 Å². The number of rotatable bonds is 10. The largest absolute Gasteiger partial charge is 0.465 e. The van der Waals surface area contributed by atoms with Crippen molar-refractivity contribution in [2.45, 2.75) is 72.1 Å². The molecule has 16 heavy (non-hydrogen) atoms. The summed E-state index contributed by atoms with van der Waals surface area (Å²) in [5.41, 5.74) is 0. The van der Waals surface area contributed by atoms with Crippen LogP contribution in [0.3, 0.4) is 0 Å². The molecule has 0 saturated carbocycles. The van der Waals surface area contributed by atoms with Gasteiger partial charge in [-0.3, -0.25) is 4.79 Å². The Balaban J connectivity index is 3.65. The van der Waals surface area contributed by atoms with E-state index >= 15 is 0 Å². The zero-order valence-corrected chi connectivity index (χ0v) is 11.3. The smallest absolute Gasteiger partial charge is 0.308 e. The standard InChI is InChI=1S/C14H28O2/c1-4-7-8-9-12-16-14(15)13(10-5-2)11-6-3/h13H,4-12H2,1-3H3. The van der Waals surface area contributed by atoms with E-state index in [0.29, 0.717) is 6.61 Å². The first-order valence-electron chi connectivity index (χ1n) is 6.92. The van der Waals surface area contributed by atoms with E-state index in [1.54, 1.807) is 0 Å². The van der Waals surface area contributed by atoms with Crippen molar-refractivity contribution in [1.82, 2.24) is 0 Å². The van der Waals surface area contributed by atoms with Gasteiger partial charge in [0.25, 0.3) is 0 Å². The highest BCUT2D eigenvalue weighted by Crippen LogP contribution is 2.15. The van der Waals surface area contributed by atoms with Crippen LogP contribution in [0.4, 0.5) is 0 Å². The summed E-state index contributed by atoms with van der Waals surface area (Å²) in [6, 6.07) is 0. The average molecular weight is 228 g/mol. The fourth-order valence-corrected chi connectivity index (χ4v) is 1.90. The van der Waals surface area contributed by atoms with Gasteiger partial charge in [0.2, 0.25) is 0 Å². The van der Waals surface area contributed by atoms with Crippen LogP contribution in [0, 0.1) is 5.92 Å². The SMILES string of the molecule is CCCCCCOC(=O)C(CCC)CCC. The molecule has 0 bridgehead atoms. The molecule has 0 aliphatic carbocycles. The number of hydrogen-bond donors (Lipinski definition) is 0. The summed E-state index contributed by atoms with van der Waals surface area (Å²) in [4.78, 5) is 11.7. The first-order valence-corrected chi connectivity index (χ1v) is 6.92. The van der Waals surface area contributed by atoms with Crippen molar-refractivity contribution < 1.29 is 9.53 Å². The van der Waals surface area contributed by atoms with E-state index in [0.717, 1.165) is 32.1 Å². The summed E-state index contributed by atoms with van der Waals surface area (Å²) >= 11 is 0. The lowest BCUT2D eigenvalue weighted by Crippen LogP contribution is -2.18. The quantitative estimate of drug-likeness (QED) is 0.411. The highest BCUT2D eigenvalue weighted by atomic mass is 16.5. The van der Waals surface area contributed by atoms with Gasteiger partial charge in [-0.2, -0.15) is 0 Å². The minimum absolute atomic E-state index is 0.0280. The maximum Gasteiger partial charge on any atom is 0.308 e. The second kappa shape index (κ2) is 11.0. The Kier molecular flexibility index (Phi) is 10.6. The van der Waals surface area contributed by atoms with Crippen LogP contribution in [-0.2, 0) is 9.53 Å². The molecule has 0 spiro atoms. The van der Waals surface area contributed by atoms with Crippen molar-refractivity contribution in [3.05, 3.63) is 0 Å². The van der Waals surface area contributed by atoms with Gasteiger partial charge in [-0.1, -0.05) is 52.9 Å². The molecule has 0 rings (SSSR count). The Bertz CT molecular complexity index is 160. The monoisotopic (exact) mass is 228 g/mol. The number of esters is 1. The highest BCUT2D eigenvalue weighted by Gasteiger charge is 2.17. The van der Waals surface area contributed by atoms with Gasteiger partial charge in [0.05, 0.1) is 12.5 Å². The molecule has 0 aromatic carbocycles. The van der Waals surface area contributed by atoms with Gasteiger partial charge in [-0.05, 0) is 19.3 Å². The summed E-state index contributed by atoms with van der Waals surface area (Å²) < 4.78 is 5.32. The molecular formula is C14H28O2. The topological polar surface area (TPSA) is 26.3 Å². The van der Waals surface area contributed by atoms with Crippen LogP contribution in [0.2, 0.25) is 0 Å². The molecule has 0 aromatic heterocycles. The zero-order valence-electron chi connectivity index (χ0n) is 11.3. The molecule has 0 N–H and O–H groups in total. The van der Waals surface area contributed by atoms with Gasteiger partial charge in [-0.25, -0.2) is 0 Å². The van der Waals surface area contributed by atoms with Gasteiger partial charge < -0.3 is 4.74 Å². The van der Waals surface area contributed by atoms with Crippen molar-refractivity contribution >= 4 is 5.97 Å². The van der Waals surface area contributed by atoms with E-state index in [4.69, 9.17) is 4.74 Å². The molecule has 0 unspecified atom stereocenters. The Labute approximate surface area is 101 Å². The predicted octanol–water partition coefficient (Wildman–Crippen LogP) is 4.33. The first kappa shape index (κ1) is 15.5. The normalized spacial score (nSPS) is 10.8. The van der Waals surface area contributed by atoms with Crippen LogP contribution >= 0.6 is 0 Å². The zero-order chi connectivity index (χ0) is 12.2. The van der Waals surface area contributed by atoms with E-state index in [9.17, 15) is 4.79 Å². The van der Waals surface area contributed by atoms with E-state index in [1.807, 2.05) is 0 Å². The van der Waals surface area contributed by atoms with Gasteiger partial charge in [0.1, 0.15) is 0 Å². The summed E-state index contributed by atoms with van der Waals surface area (Å²) in [5, 5.41) is 0. The molecule has 2 nitrogen and oxygen atoms in total. The summed E-state index contributed by atoms with van der Waals surface area (Å²) in [6.07, 6.45) is 8.74. The van der Waals surface area contributed by atoms with Gasteiger partial charge in [0.15, 0.2) is 0 Å². The Morgan fingerprint density at radius 2 is 1.56 bits per heavy atom. The predicted molar refractivity (Wildman–Crippen MR) is 68.4 cm³/mol. The number of carbonyl (C=O) groups is 1. The molecule has 2 heteroatoms. The molecule has 0 saturated heterocycles. The van der Waals surface area contributed by atoms with Crippen molar-refractivity contribution in [3.63, 3.8) is 0 Å². The highest BCUT2D eigenvalue weighted by molar-refractivity contribution is 5.72. The summed E-state index contributed by atoms with van der Waals surface area (Å²) in [6.45, 7) is 7.04. The van der Waals surface area contributed by atoms with E-state index < -0.39 is 0 Å². The lowest BCUT2D eigenvalue weighted by molar-refractivity contribution is -0.149. The van der Waals surface area contributed by atoms with Gasteiger partial charge in [0, 0.05) is 0 Å². The maximum atomic E-state index is 11.7. The van der Waals surface area contributed by atoms with Gasteiger partial charge >= 0.3 is 5.97 Å². The molecule has 0 fully saturated rings. The van der Waals surface area contributed by atoms with Crippen molar-refractivity contribution in [3.8, 4) is 0 Å². The van der Waals surface area contributed by atoms with E-state index in [2.05, 4.69) is 20.8 Å². The van der Waals surface area contributed by atoms with Crippen LogP contribution < -0.4 is 0 Å². The van der Waals surface area contributed by atoms with Crippen LogP contribution in [0.15, 0.2) is 0 Å². The van der Waals surface area contributed by atoms with Crippen LogP contribution in [0.5, 0.6) is 0 Å². The average Bonchev–Trinajstić information content (AvgIpc) is 2.28. The Hall–Kier alpha value is -0.530. The molecule has 0 radical (unpaired) electrons. The fourth-order valence-electron chi connectivity index (χ4n) is 1.90. The molecule has 0 atom stereocenters. The first-order chi connectivity index (χ1) is 7.76. The minimum Gasteiger partial charge on any atom is -0.465 e. The third-order valence-electron chi connectivity index (χ3n) is 2.85. The Morgan fingerprint density at radius 1 is 0.938 bits per heavy atom. The maximum absolute atomic E-state index is 11.7. The van der Waals surface area contributed by atoms with Crippen LogP contribution in [0.25, 0.3) is 0 Å². The number of carbonyl (C=O) groups excluding carboxylic acids is 1. The third-order valence-corrected chi connectivity index (χ3v) is 2.85. The number of hydrogen-bond acceptors (Lipinski definition) is 2. The van der Waals surface area contributed by atoms with Gasteiger partial charge in [-0.15, -0.1) is 0 Å². The van der Waals surface area contributed by atoms with E-state index in [1.165, 1.54) is 19.3 Å². The lowest BCUT2D eigenvalue weighted by Gasteiger charge is -2.14. The summed E-state index contributed by atoms with van der Waals surface area (Å²) in [7, 11) is 0. The second-order valence-electron chi connectivity index (χ2n) is 4.50. The van der Waals surface area contributed by atoms with E-state index in [-0.39, 0.29) is 11.9 Å². The number of unbranched alkanes of at least 4 members (excludes halogenated alkanes) is 3. The molecular weight excluding hydrogens is 200 g/mol. The number of ether oxygens (including phenoxy) is 1. The molecule has 0 heterocycles. The Morgan fingerprint density at radius 3 is 2.06 bits per heavy atom. The molecule has 0 aliphatic heterocycles. The molecule has 0 aromatic rings. The molecule has 96 valence electrons.